The number of nitrogens with one attached hydrogen (secondary N) is 2. The summed E-state index contributed by atoms with van der Waals surface area (Å²) in [5.41, 5.74) is 3.59. The van der Waals surface area contributed by atoms with Gasteiger partial charge >= 0.3 is 0 Å². The van der Waals surface area contributed by atoms with Gasteiger partial charge in [0.05, 0.1) is 11.4 Å². The van der Waals surface area contributed by atoms with Gasteiger partial charge in [0.2, 0.25) is 0 Å². The molecule has 0 radical (unpaired) electrons. The molecule has 0 spiro atoms. The molecule has 8 heteroatoms. The molecule has 0 aliphatic carbocycles. The van der Waals surface area contributed by atoms with Crippen LogP contribution in [0.3, 0.4) is 0 Å². The number of fused-ring (bicyclic) bond motifs is 1. The smallest absolute Gasteiger partial charge is 0.191 e. The van der Waals surface area contributed by atoms with Crippen molar-refractivity contribution in [1.82, 2.24) is 20.0 Å². The summed E-state index contributed by atoms with van der Waals surface area (Å²) in [5, 5.41) is 6.72. The molecule has 4 rings (SSSR count). The van der Waals surface area contributed by atoms with Crippen LogP contribution in [0.1, 0.15) is 17.7 Å². The number of pyridine rings is 1. The molecule has 2 aromatic heterocycles. The van der Waals surface area contributed by atoms with Crippen molar-refractivity contribution in [3.05, 3.63) is 65.6 Å². The van der Waals surface area contributed by atoms with Crippen LogP contribution in [0.15, 0.2) is 47.7 Å². The van der Waals surface area contributed by atoms with Crippen LogP contribution in [0.5, 0.6) is 0 Å². The summed E-state index contributed by atoms with van der Waals surface area (Å²) >= 11 is 0. The van der Waals surface area contributed by atoms with Gasteiger partial charge < -0.3 is 19.9 Å². The fraction of sp³-hybridized carbons (Fsp3) is 0.364. The Labute approximate surface area is 174 Å². The van der Waals surface area contributed by atoms with Crippen LogP contribution in [-0.2, 0) is 6.42 Å². The maximum atomic E-state index is 14.0. The fourth-order valence-electron chi connectivity index (χ4n) is 3.86. The fourth-order valence-corrected chi connectivity index (χ4v) is 3.86. The van der Waals surface area contributed by atoms with Gasteiger partial charge in [-0.1, -0.05) is 6.07 Å². The van der Waals surface area contributed by atoms with Gasteiger partial charge in [-0.25, -0.2) is 13.8 Å². The highest BCUT2D eigenvalue weighted by Crippen LogP contribution is 2.24. The quantitative estimate of drug-likeness (QED) is 0.500. The molecule has 1 aromatic carbocycles. The van der Waals surface area contributed by atoms with E-state index in [0.29, 0.717) is 31.3 Å². The first-order valence-electron chi connectivity index (χ1n) is 10.1. The number of aromatic nitrogens is 2. The Morgan fingerprint density at radius 1 is 1.30 bits per heavy atom. The van der Waals surface area contributed by atoms with Gasteiger partial charge in [0, 0.05) is 57.6 Å². The van der Waals surface area contributed by atoms with E-state index in [2.05, 4.69) is 33.6 Å². The lowest BCUT2D eigenvalue weighted by molar-refractivity contribution is 0.580. The normalized spacial score (nSPS) is 17.0. The number of imidazole rings is 1. The average Bonchev–Trinajstić information content (AvgIpc) is 3.35. The molecule has 3 heterocycles. The van der Waals surface area contributed by atoms with Gasteiger partial charge in [-0.15, -0.1) is 0 Å². The van der Waals surface area contributed by atoms with Crippen LogP contribution < -0.4 is 15.5 Å². The summed E-state index contributed by atoms with van der Waals surface area (Å²) in [5.74, 6) is -0.377. The topological polar surface area (TPSA) is 57.0 Å². The maximum absolute atomic E-state index is 14.0. The van der Waals surface area contributed by atoms with Gasteiger partial charge in [0.15, 0.2) is 5.96 Å². The molecular formula is C22H26F2N6. The molecule has 158 valence electrons. The number of halogens is 2. The number of aryl methyl sites for hydroxylation is 1. The van der Waals surface area contributed by atoms with Crippen molar-refractivity contribution in [2.75, 3.05) is 31.6 Å². The third kappa shape index (κ3) is 4.37. The van der Waals surface area contributed by atoms with Gasteiger partial charge in [0.1, 0.15) is 17.3 Å². The molecule has 0 saturated carbocycles. The molecule has 6 nitrogen and oxygen atoms in total. The van der Waals surface area contributed by atoms with Gasteiger partial charge in [-0.3, -0.25) is 4.99 Å². The summed E-state index contributed by atoms with van der Waals surface area (Å²) in [4.78, 5) is 10.9. The molecule has 1 aliphatic heterocycles. The molecular weight excluding hydrogens is 386 g/mol. The average molecular weight is 412 g/mol. The first-order chi connectivity index (χ1) is 14.5. The molecule has 1 saturated heterocycles. The second-order valence-corrected chi connectivity index (χ2v) is 7.57. The molecule has 1 fully saturated rings. The summed E-state index contributed by atoms with van der Waals surface area (Å²) in [6.45, 7) is 4.09. The number of hydrogen-bond donors (Lipinski definition) is 2. The zero-order chi connectivity index (χ0) is 21.1. The number of guanidine groups is 1. The summed E-state index contributed by atoms with van der Waals surface area (Å²) in [6, 6.07) is 7.92. The molecule has 1 unspecified atom stereocenters. The Bertz CT molecular complexity index is 1060. The number of benzene rings is 1. The van der Waals surface area contributed by atoms with E-state index < -0.39 is 11.6 Å². The zero-order valence-corrected chi connectivity index (χ0v) is 17.2. The second-order valence-electron chi connectivity index (χ2n) is 7.57. The van der Waals surface area contributed by atoms with E-state index in [-0.39, 0.29) is 6.04 Å². The lowest BCUT2D eigenvalue weighted by Gasteiger charge is -2.21. The minimum atomic E-state index is -0.560. The molecule has 1 atom stereocenters. The Morgan fingerprint density at radius 3 is 2.93 bits per heavy atom. The van der Waals surface area contributed by atoms with Crippen molar-refractivity contribution < 1.29 is 8.78 Å². The monoisotopic (exact) mass is 412 g/mol. The van der Waals surface area contributed by atoms with Crippen molar-refractivity contribution in [1.29, 1.82) is 0 Å². The van der Waals surface area contributed by atoms with Gasteiger partial charge in [0.25, 0.3) is 0 Å². The standard InChI is InChI=1S/C22H26F2N6/c1-15-4-3-10-30-14-17(27-21(15)30)7-9-26-22(25-2)28-18-8-11-29(13-18)20-6-5-16(23)12-19(20)24/h3-6,10,12,14,18H,7-9,11,13H2,1-2H3,(H2,25,26,28). The van der Waals surface area contributed by atoms with Gasteiger partial charge in [-0.05, 0) is 37.1 Å². The second kappa shape index (κ2) is 8.69. The number of hydrogen-bond acceptors (Lipinski definition) is 3. The summed E-state index contributed by atoms with van der Waals surface area (Å²) < 4.78 is 29.2. The Balaban J connectivity index is 1.29. The highest BCUT2D eigenvalue weighted by molar-refractivity contribution is 5.80. The van der Waals surface area contributed by atoms with E-state index in [1.165, 1.54) is 12.1 Å². The highest BCUT2D eigenvalue weighted by atomic mass is 19.1. The Morgan fingerprint density at radius 2 is 2.17 bits per heavy atom. The minimum Gasteiger partial charge on any atom is -0.367 e. The van der Waals surface area contributed by atoms with Crippen LogP contribution in [-0.4, -0.2) is 48.1 Å². The number of anilines is 1. The van der Waals surface area contributed by atoms with Crippen LogP contribution in [0.2, 0.25) is 0 Å². The van der Waals surface area contributed by atoms with Crippen LogP contribution in [0.25, 0.3) is 5.65 Å². The first kappa shape index (κ1) is 20.1. The molecule has 3 aromatic rings. The number of nitrogens with zero attached hydrogens (tertiary/aromatic N) is 4. The molecule has 30 heavy (non-hydrogen) atoms. The van der Waals surface area contributed by atoms with E-state index in [4.69, 9.17) is 0 Å². The predicted molar refractivity (Wildman–Crippen MR) is 115 cm³/mol. The van der Waals surface area contributed by atoms with Crippen molar-refractivity contribution in [2.24, 2.45) is 4.99 Å². The van der Waals surface area contributed by atoms with Crippen molar-refractivity contribution in [3.8, 4) is 0 Å². The van der Waals surface area contributed by atoms with Crippen LogP contribution in [0.4, 0.5) is 14.5 Å². The third-order valence-electron chi connectivity index (χ3n) is 5.40. The Kier molecular flexibility index (Phi) is 5.83. The van der Waals surface area contributed by atoms with Gasteiger partial charge in [-0.2, -0.15) is 0 Å². The largest absolute Gasteiger partial charge is 0.367 e. The van der Waals surface area contributed by atoms with Crippen LogP contribution >= 0.6 is 0 Å². The van der Waals surface area contributed by atoms with Crippen LogP contribution in [0, 0.1) is 18.6 Å². The first-order valence-corrected chi connectivity index (χ1v) is 10.1. The maximum Gasteiger partial charge on any atom is 0.191 e. The van der Waals surface area contributed by atoms with Crippen molar-refractivity contribution in [3.63, 3.8) is 0 Å². The van der Waals surface area contributed by atoms with Crippen molar-refractivity contribution >= 4 is 17.3 Å². The summed E-state index contributed by atoms with van der Waals surface area (Å²) in [6.07, 6.45) is 5.68. The van der Waals surface area contributed by atoms with E-state index in [9.17, 15) is 8.78 Å². The van der Waals surface area contributed by atoms with E-state index in [1.54, 1.807) is 7.05 Å². The number of aliphatic imine (C=N–C) groups is 1. The molecule has 0 amide bonds. The highest BCUT2D eigenvalue weighted by Gasteiger charge is 2.25. The third-order valence-corrected chi connectivity index (χ3v) is 5.40. The Hall–Kier alpha value is -3.16. The lowest BCUT2D eigenvalue weighted by Crippen LogP contribution is -2.45. The number of rotatable bonds is 5. The molecule has 0 bridgehead atoms. The van der Waals surface area contributed by atoms with Crippen molar-refractivity contribution in [2.45, 2.75) is 25.8 Å². The van der Waals surface area contributed by atoms with E-state index >= 15 is 0 Å². The van der Waals surface area contributed by atoms with E-state index in [1.807, 2.05) is 27.8 Å². The molecule has 2 N–H and O–H groups in total. The SMILES string of the molecule is CN=C(NCCc1cn2cccc(C)c2n1)NC1CCN(c2ccc(F)cc2F)C1. The predicted octanol–water partition coefficient (Wildman–Crippen LogP) is 2.91. The van der Waals surface area contributed by atoms with E-state index in [0.717, 1.165) is 35.8 Å². The minimum absolute atomic E-state index is 0.137. The molecule has 1 aliphatic rings. The summed E-state index contributed by atoms with van der Waals surface area (Å²) in [7, 11) is 1.73. The lowest BCUT2D eigenvalue weighted by atomic mass is 10.2. The zero-order valence-electron chi connectivity index (χ0n) is 17.2.